The van der Waals surface area contributed by atoms with Gasteiger partial charge in [-0.2, -0.15) is 0 Å². The summed E-state index contributed by atoms with van der Waals surface area (Å²) in [5, 5.41) is 0. The molecule has 1 saturated heterocycles. The molecule has 0 aliphatic carbocycles. The predicted molar refractivity (Wildman–Crippen MR) is 83.5 cm³/mol. The molecule has 2 heterocycles. The Morgan fingerprint density at radius 2 is 2.05 bits per heavy atom. The van der Waals surface area contributed by atoms with Crippen molar-refractivity contribution in [3.63, 3.8) is 0 Å². The van der Waals surface area contributed by atoms with Crippen molar-refractivity contribution in [1.29, 1.82) is 0 Å². The summed E-state index contributed by atoms with van der Waals surface area (Å²) in [6, 6.07) is 0.295. The van der Waals surface area contributed by atoms with Gasteiger partial charge in [-0.25, -0.2) is 9.97 Å². The molecule has 1 fully saturated rings. The lowest BCUT2D eigenvalue weighted by Gasteiger charge is -2.23. The van der Waals surface area contributed by atoms with Gasteiger partial charge in [0.2, 0.25) is 5.82 Å². The summed E-state index contributed by atoms with van der Waals surface area (Å²) in [4.78, 5) is 25.1. The van der Waals surface area contributed by atoms with E-state index in [1.807, 2.05) is 27.7 Å². The fourth-order valence-electron chi connectivity index (χ4n) is 2.39. The molecule has 116 valence electrons. The van der Waals surface area contributed by atoms with Gasteiger partial charge in [0.15, 0.2) is 0 Å². The molecular weight excluding hydrogens is 266 g/mol. The lowest BCUT2D eigenvalue weighted by molar-refractivity contribution is 0.0742. The Kier molecular flexibility index (Phi) is 4.46. The topological polar surface area (TPSA) is 75.4 Å². The quantitative estimate of drug-likeness (QED) is 0.903. The van der Waals surface area contributed by atoms with Crippen molar-refractivity contribution in [3.8, 4) is 0 Å². The second kappa shape index (κ2) is 5.97. The van der Waals surface area contributed by atoms with Crippen LogP contribution in [0.4, 0.5) is 5.82 Å². The van der Waals surface area contributed by atoms with Crippen LogP contribution >= 0.6 is 0 Å². The van der Waals surface area contributed by atoms with E-state index in [2.05, 4.69) is 14.9 Å². The summed E-state index contributed by atoms with van der Waals surface area (Å²) in [6.07, 6.45) is 0.956. The average Bonchev–Trinajstić information content (AvgIpc) is 2.86. The molecule has 1 aromatic rings. The van der Waals surface area contributed by atoms with Crippen LogP contribution in [0.15, 0.2) is 0 Å². The van der Waals surface area contributed by atoms with Gasteiger partial charge < -0.3 is 15.5 Å². The van der Waals surface area contributed by atoms with Crippen molar-refractivity contribution in [1.82, 2.24) is 14.9 Å². The first kappa shape index (κ1) is 15.7. The van der Waals surface area contributed by atoms with Crippen LogP contribution in [-0.4, -0.2) is 53.0 Å². The summed E-state index contributed by atoms with van der Waals surface area (Å²) in [5.74, 6) is 0.971. The monoisotopic (exact) mass is 291 g/mol. The fraction of sp³-hybridized carbons (Fsp3) is 0.667. The fourth-order valence-corrected chi connectivity index (χ4v) is 2.39. The number of carbonyl (C=O) groups excluding carboxylic acids is 1. The zero-order valence-electron chi connectivity index (χ0n) is 13.6. The summed E-state index contributed by atoms with van der Waals surface area (Å²) in [7, 11) is 1.77. The largest absolute Gasteiger partial charge is 0.355 e. The number of nitrogens with zero attached hydrogens (tertiary/aromatic N) is 4. The van der Waals surface area contributed by atoms with Crippen LogP contribution in [0.2, 0.25) is 0 Å². The first-order chi connectivity index (χ1) is 9.81. The normalized spacial score (nSPS) is 18.4. The molecule has 0 bridgehead atoms. The number of rotatable bonds is 3. The molecule has 1 atom stereocenters. The van der Waals surface area contributed by atoms with Gasteiger partial charge in [-0.15, -0.1) is 0 Å². The highest BCUT2D eigenvalue weighted by atomic mass is 16.2. The molecule has 0 unspecified atom stereocenters. The molecule has 6 heteroatoms. The van der Waals surface area contributed by atoms with Gasteiger partial charge in [0.1, 0.15) is 5.82 Å². The first-order valence-electron chi connectivity index (χ1n) is 7.44. The van der Waals surface area contributed by atoms with Crippen LogP contribution in [0, 0.1) is 13.8 Å². The smallest absolute Gasteiger partial charge is 0.291 e. The van der Waals surface area contributed by atoms with Crippen LogP contribution < -0.4 is 10.6 Å². The third-order valence-electron chi connectivity index (χ3n) is 4.17. The number of anilines is 1. The van der Waals surface area contributed by atoms with Gasteiger partial charge in [0.25, 0.3) is 5.91 Å². The number of hydrogen-bond donors (Lipinski definition) is 1. The Balaban J connectivity index is 2.37. The third kappa shape index (κ3) is 3.15. The highest BCUT2D eigenvalue weighted by Crippen LogP contribution is 2.23. The van der Waals surface area contributed by atoms with E-state index in [1.54, 1.807) is 11.9 Å². The van der Waals surface area contributed by atoms with E-state index in [-0.39, 0.29) is 23.8 Å². The van der Waals surface area contributed by atoms with Crippen molar-refractivity contribution in [3.05, 3.63) is 17.1 Å². The Bertz CT molecular complexity index is 543. The molecule has 1 aromatic heterocycles. The maximum atomic E-state index is 12.4. The summed E-state index contributed by atoms with van der Waals surface area (Å²) >= 11 is 0. The van der Waals surface area contributed by atoms with E-state index >= 15 is 0 Å². The number of carbonyl (C=O) groups is 1. The molecule has 1 amide bonds. The van der Waals surface area contributed by atoms with Gasteiger partial charge in [0.05, 0.1) is 0 Å². The zero-order valence-corrected chi connectivity index (χ0v) is 13.6. The number of hydrogen-bond acceptors (Lipinski definition) is 5. The van der Waals surface area contributed by atoms with Crippen LogP contribution in [-0.2, 0) is 0 Å². The van der Waals surface area contributed by atoms with Crippen LogP contribution in [0.25, 0.3) is 0 Å². The molecule has 0 spiro atoms. The van der Waals surface area contributed by atoms with Crippen molar-refractivity contribution in [2.45, 2.75) is 46.2 Å². The maximum absolute atomic E-state index is 12.4. The van der Waals surface area contributed by atoms with Crippen LogP contribution in [0.1, 0.15) is 42.1 Å². The SMILES string of the molecule is Cc1nc(C(=O)N(C)C(C)C)nc(N2CC[C@@H](N)C2)c1C. The van der Waals surface area contributed by atoms with Crippen molar-refractivity contribution in [2.75, 3.05) is 25.0 Å². The molecular formula is C15H25N5O. The van der Waals surface area contributed by atoms with E-state index in [9.17, 15) is 4.79 Å². The lowest BCUT2D eigenvalue weighted by atomic mass is 10.2. The number of aryl methyl sites for hydroxylation is 1. The molecule has 0 saturated carbocycles. The summed E-state index contributed by atoms with van der Waals surface area (Å²) < 4.78 is 0. The maximum Gasteiger partial charge on any atom is 0.291 e. The molecule has 0 radical (unpaired) electrons. The summed E-state index contributed by atoms with van der Waals surface area (Å²) in [5.41, 5.74) is 7.85. The van der Waals surface area contributed by atoms with E-state index in [1.165, 1.54) is 0 Å². The molecule has 0 aromatic carbocycles. The molecule has 2 N–H and O–H groups in total. The standard InChI is InChI=1S/C15H25N5O/c1-9(2)19(5)15(21)13-17-11(4)10(3)14(18-13)20-7-6-12(16)8-20/h9,12H,6-8,16H2,1-5H3/t12-/m1/s1. The zero-order chi connectivity index (χ0) is 15.7. The van der Waals surface area contributed by atoms with Gasteiger partial charge in [0, 0.05) is 43.5 Å². The Hall–Kier alpha value is -1.69. The predicted octanol–water partition coefficient (Wildman–Crippen LogP) is 1.11. The van der Waals surface area contributed by atoms with Gasteiger partial charge in [-0.05, 0) is 34.1 Å². The van der Waals surface area contributed by atoms with Gasteiger partial charge in [-0.3, -0.25) is 4.79 Å². The van der Waals surface area contributed by atoms with E-state index in [4.69, 9.17) is 5.73 Å². The van der Waals surface area contributed by atoms with Gasteiger partial charge >= 0.3 is 0 Å². The highest BCUT2D eigenvalue weighted by molar-refractivity contribution is 5.91. The average molecular weight is 291 g/mol. The van der Waals surface area contributed by atoms with E-state index in [0.29, 0.717) is 0 Å². The minimum Gasteiger partial charge on any atom is -0.355 e. The number of amides is 1. The first-order valence-corrected chi connectivity index (χ1v) is 7.44. The number of nitrogens with two attached hydrogens (primary N) is 1. The third-order valence-corrected chi connectivity index (χ3v) is 4.17. The second-order valence-corrected chi connectivity index (χ2v) is 6.09. The Morgan fingerprint density at radius 3 is 2.57 bits per heavy atom. The minimum atomic E-state index is -0.141. The molecule has 2 rings (SSSR count). The van der Waals surface area contributed by atoms with Crippen LogP contribution in [0.3, 0.4) is 0 Å². The molecule has 6 nitrogen and oxygen atoms in total. The molecule has 21 heavy (non-hydrogen) atoms. The molecule has 1 aliphatic heterocycles. The van der Waals surface area contributed by atoms with Crippen molar-refractivity contribution >= 4 is 11.7 Å². The Morgan fingerprint density at radius 1 is 1.38 bits per heavy atom. The van der Waals surface area contributed by atoms with Crippen LogP contribution in [0.5, 0.6) is 0 Å². The van der Waals surface area contributed by atoms with E-state index < -0.39 is 0 Å². The van der Waals surface area contributed by atoms with E-state index in [0.717, 1.165) is 36.6 Å². The Labute approximate surface area is 126 Å². The summed E-state index contributed by atoms with van der Waals surface area (Å²) in [6.45, 7) is 9.52. The van der Waals surface area contributed by atoms with Gasteiger partial charge in [-0.1, -0.05) is 0 Å². The van der Waals surface area contributed by atoms with Crippen molar-refractivity contribution < 1.29 is 4.79 Å². The second-order valence-electron chi connectivity index (χ2n) is 6.09. The van der Waals surface area contributed by atoms with Crippen molar-refractivity contribution in [2.24, 2.45) is 5.73 Å². The highest BCUT2D eigenvalue weighted by Gasteiger charge is 2.25. The number of aromatic nitrogens is 2. The minimum absolute atomic E-state index is 0.117. The molecule has 1 aliphatic rings. The lowest BCUT2D eigenvalue weighted by Crippen LogP contribution is -2.35.